The van der Waals surface area contributed by atoms with E-state index in [2.05, 4.69) is 185 Å². The minimum atomic E-state index is 0.688. The molecule has 64 heavy (non-hydrogen) atoms. The molecule has 10 aromatic rings. The molecular formula is C60H46N4. The van der Waals surface area contributed by atoms with E-state index in [-0.39, 0.29) is 0 Å². The Bertz CT molecular complexity index is 3630. The summed E-state index contributed by atoms with van der Waals surface area (Å²) in [6.45, 7) is 9.42. The van der Waals surface area contributed by atoms with Gasteiger partial charge in [0.2, 0.25) is 5.95 Å². The molecule has 0 saturated carbocycles. The van der Waals surface area contributed by atoms with Crippen LogP contribution in [-0.4, -0.2) is 19.1 Å². The van der Waals surface area contributed by atoms with Gasteiger partial charge in [0.05, 0.1) is 33.5 Å². The molecule has 0 bridgehead atoms. The molecular weight excluding hydrogens is 777 g/mol. The SMILES string of the molecule is C=C(CCC(=C)C1=Cc2c(c3ccccc3n2-c2nc(-c3ccccc3)c3ccccc3n2)CC1)C1=CC(c2cc3c4ccccc4n(-c4ccccc4)c3c3ccccc23)=CCC1. The van der Waals surface area contributed by atoms with E-state index in [1.54, 1.807) is 0 Å². The lowest BCUT2D eigenvalue weighted by Gasteiger charge is -2.20. The van der Waals surface area contributed by atoms with Crippen LogP contribution in [0.1, 0.15) is 48.9 Å². The third-order valence-corrected chi connectivity index (χ3v) is 13.6. The van der Waals surface area contributed by atoms with E-state index < -0.39 is 0 Å². The van der Waals surface area contributed by atoms with Gasteiger partial charge in [0.25, 0.3) is 0 Å². The van der Waals surface area contributed by atoms with Crippen molar-refractivity contribution in [2.24, 2.45) is 0 Å². The Balaban J connectivity index is 0.861. The Hall–Kier alpha value is -7.82. The maximum Gasteiger partial charge on any atom is 0.235 e. The van der Waals surface area contributed by atoms with Crippen LogP contribution >= 0.6 is 0 Å². The minimum Gasteiger partial charge on any atom is -0.309 e. The first-order valence-corrected chi connectivity index (χ1v) is 22.5. The molecule has 4 heteroatoms. The quantitative estimate of drug-likeness (QED) is 0.145. The van der Waals surface area contributed by atoms with E-state index in [0.717, 1.165) is 71.9 Å². The Kier molecular flexibility index (Phi) is 9.19. The number of para-hydroxylation sites is 4. The van der Waals surface area contributed by atoms with Crippen molar-refractivity contribution in [3.8, 4) is 22.9 Å². The number of aryl methyl sites for hydroxylation is 1. The van der Waals surface area contributed by atoms with Crippen molar-refractivity contribution in [1.82, 2.24) is 19.1 Å². The third kappa shape index (κ3) is 6.28. The van der Waals surface area contributed by atoms with Crippen LogP contribution in [0.15, 0.2) is 211 Å². The van der Waals surface area contributed by atoms with Crippen molar-refractivity contribution in [3.05, 3.63) is 228 Å². The van der Waals surface area contributed by atoms with E-state index in [9.17, 15) is 0 Å². The van der Waals surface area contributed by atoms with E-state index in [4.69, 9.17) is 23.1 Å². The molecule has 2 aliphatic rings. The zero-order valence-electron chi connectivity index (χ0n) is 35.8. The van der Waals surface area contributed by atoms with Crippen LogP contribution in [0.25, 0.3) is 88.9 Å². The van der Waals surface area contributed by atoms with Gasteiger partial charge < -0.3 is 4.57 Å². The van der Waals surface area contributed by atoms with Gasteiger partial charge in [-0.05, 0) is 114 Å². The zero-order valence-corrected chi connectivity index (χ0v) is 35.8. The van der Waals surface area contributed by atoms with Gasteiger partial charge in [-0.15, -0.1) is 0 Å². The van der Waals surface area contributed by atoms with Crippen LogP contribution < -0.4 is 0 Å². The summed E-state index contributed by atoms with van der Waals surface area (Å²) in [5, 5.41) is 7.37. The van der Waals surface area contributed by atoms with Gasteiger partial charge in [-0.1, -0.05) is 164 Å². The number of rotatable bonds is 9. The molecule has 306 valence electrons. The van der Waals surface area contributed by atoms with Gasteiger partial charge in [0.1, 0.15) is 0 Å². The first-order valence-electron chi connectivity index (χ1n) is 22.5. The first kappa shape index (κ1) is 37.9. The molecule has 3 aromatic heterocycles. The Morgan fingerprint density at radius 2 is 1.12 bits per heavy atom. The zero-order chi connectivity index (χ0) is 42.7. The maximum absolute atomic E-state index is 5.32. The molecule has 0 unspecified atom stereocenters. The fourth-order valence-corrected chi connectivity index (χ4v) is 10.4. The number of hydrogen-bond acceptors (Lipinski definition) is 2. The number of benzene rings is 7. The number of aromatic nitrogens is 4. The predicted octanol–water partition coefficient (Wildman–Crippen LogP) is 15.5. The van der Waals surface area contributed by atoms with E-state index in [1.165, 1.54) is 82.6 Å². The smallest absolute Gasteiger partial charge is 0.235 e. The lowest BCUT2D eigenvalue weighted by Crippen LogP contribution is -2.08. The summed E-state index contributed by atoms with van der Waals surface area (Å²) in [5.74, 6) is 0.688. The van der Waals surface area contributed by atoms with E-state index in [1.807, 2.05) is 6.07 Å². The molecule has 0 radical (unpaired) electrons. The molecule has 2 aliphatic carbocycles. The minimum absolute atomic E-state index is 0.688. The highest BCUT2D eigenvalue weighted by Gasteiger charge is 2.25. The molecule has 0 atom stereocenters. The van der Waals surface area contributed by atoms with Crippen molar-refractivity contribution in [2.75, 3.05) is 0 Å². The fraction of sp³-hybridized carbons (Fsp3) is 0.100. The average molecular weight is 823 g/mol. The Labute approximate surface area is 373 Å². The second-order valence-electron chi connectivity index (χ2n) is 17.3. The second-order valence-corrected chi connectivity index (χ2v) is 17.3. The molecule has 0 amide bonds. The van der Waals surface area contributed by atoms with Gasteiger partial charge in [-0.2, -0.15) is 0 Å². The molecule has 0 aliphatic heterocycles. The molecule has 0 N–H and O–H groups in total. The van der Waals surface area contributed by atoms with Crippen molar-refractivity contribution in [3.63, 3.8) is 0 Å². The van der Waals surface area contributed by atoms with Crippen molar-refractivity contribution in [2.45, 2.75) is 38.5 Å². The highest BCUT2D eigenvalue weighted by molar-refractivity contribution is 6.21. The van der Waals surface area contributed by atoms with E-state index in [0.29, 0.717) is 5.95 Å². The molecule has 0 spiro atoms. The standard InChI is InChI=1S/C60H46N4/c1-39(42-20-17-21-44(36-42)52-38-53-48-26-13-15-30-55(48)63(45-22-7-4-8-23-45)59(53)50-27-10-9-24-46(50)52)32-33-40(2)43-34-35-49-47-25-12-16-31-56(47)64(57(49)37-43)60-61-54-29-14-11-28-51(54)58(62-60)41-18-5-3-6-19-41/h3-16,18-19,21-31,36-38H,1-2,17,20,32-35H2. The van der Waals surface area contributed by atoms with Gasteiger partial charge in [-0.25, -0.2) is 9.97 Å². The Morgan fingerprint density at radius 1 is 0.516 bits per heavy atom. The van der Waals surface area contributed by atoms with Crippen LogP contribution in [0, 0.1) is 0 Å². The summed E-state index contributed by atoms with van der Waals surface area (Å²) < 4.78 is 4.71. The van der Waals surface area contributed by atoms with Crippen LogP contribution in [0.2, 0.25) is 0 Å². The third-order valence-electron chi connectivity index (χ3n) is 13.6. The summed E-state index contributed by atoms with van der Waals surface area (Å²) in [4.78, 5) is 10.5. The van der Waals surface area contributed by atoms with Gasteiger partial charge in [-0.3, -0.25) is 4.57 Å². The van der Waals surface area contributed by atoms with E-state index >= 15 is 0 Å². The summed E-state index contributed by atoms with van der Waals surface area (Å²) >= 11 is 0. The molecule has 3 heterocycles. The van der Waals surface area contributed by atoms with Crippen LogP contribution in [-0.2, 0) is 6.42 Å². The second kappa shape index (κ2) is 15.5. The maximum atomic E-state index is 5.32. The summed E-state index contributed by atoms with van der Waals surface area (Å²) in [5.41, 5.74) is 17.8. The average Bonchev–Trinajstić information content (AvgIpc) is 3.88. The van der Waals surface area contributed by atoms with Crippen molar-refractivity contribution >= 4 is 66.0 Å². The topological polar surface area (TPSA) is 35.6 Å². The fourth-order valence-electron chi connectivity index (χ4n) is 10.4. The molecule has 12 rings (SSSR count). The summed E-state index contributed by atoms with van der Waals surface area (Å²) in [6, 6.07) is 58.4. The first-order chi connectivity index (χ1) is 31.6. The number of nitrogens with zero attached hydrogens (tertiary/aromatic N) is 4. The molecule has 7 aromatic carbocycles. The lowest BCUT2D eigenvalue weighted by atomic mass is 9.85. The summed E-state index contributed by atoms with van der Waals surface area (Å²) in [6.07, 6.45) is 12.8. The molecule has 0 saturated heterocycles. The lowest BCUT2D eigenvalue weighted by molar-refractivity contribution is 0.856. The Morgan fingerprint density at radius 3 is 1.89 bits per heavy atom. The van der Waals surface area contributed by atoms with Crippen molar-refractivity contribution < 1.29 is 0 Å². The predicted molar refractivity (Wildman–Crippen MR) is 269 cm³/mol. The molecule has 4 nitrogen and oxygen atoms in total. The van der Waals surface area contributed by atoms with Crippen molar-refractivity contribution in [1.29, 1.82) is 0 Å². The summed E-state index contributed by atoms with van der Waals surface area (Å²) in [7, 11) is 0. The number of fused-ring (bicyclic) bond motifs is 9. The highest BCUT2D eigenvalue weighted by Crippen LogP contribution is 2.43. The normalized spacial score (nSPS) is 13.9. The van der Waals surface area contributed by atoms with Gasteiger partial charge in [0.15, 0.2) is 0 Å². The van der Waals surface area contributed by atoms with Gasteiger partial charge >= 0.3 is 0 Å². The molecule has 0 fully saturated rings. The number of hydrogen-bond donors (Lipinski definition) is 0. The van der Waals surface area contributed by atoms with Gasteiger partial charge in [0, 0.05) is 38.2 Å². The number of allylic oxidation sites excluding steroid dienone is 7. The highest BCUT2D eigenvalue weighted by atomic mass is 15.2. The largest absolute Gasteiger partial charge is 0.309 e. The van der Waals surface area contributed by atoms with Crippen LogP contribution in [0.4, 0.5) is 0 Å². The van der Waals surface area contributed by atoms with Crippen LogP contribution in [0.5, 0.6) is 0 Å². The van der Waals surface area contributed by atoms with Crippen LogP contribution in [0.3, 0.4) is 0 Å². The monoisotopic (exact) mass is 822 g/mol.